The lowest BCUT2D eigenvalue weighted by molar-refractivity contribution is -0.143. The van der Waals surface area contributed by atoms with Crippen LogP contribution in [0.3, 0.4) is 0 Å². The fourth-order valence-corrected chi connectivity index (χ4v) is 3.31. The van der Waals surface area contributed by atoms with Crippen LogP contribution < -0.4 is 10.6 Å². The van der Waals surface area contributed by atoms with Crippen molar-refractivity contribution in [1.82, 2.24) is 15.5 Å². The third kappa shape index (κ3) is 9.51. The van der Waals surface area contributed by atoms with Crippen molar-refractivity contribution in [2.24, 2.45) is 0 Å². The minimum absolute atomic E-state index is 0.0212. The zero-order chi connectivity index (χ0) is 25.3. The molecule has 0 bridgehead atoms. The summed E-state index contributed by atoms with van der Waals surface area (Å²) in [5.41, 5.74) is 1.80. The standard InChI is InChI=1S/C24H37N3O6/c1-9-32-19(28)10-11-25-21(29)20(18-13-15(2)12-16(3)14-18)27(8)22(30)17(4)26-23(31)33-24(5,6)7/h12-14,17,20H,9-11H2,1-8H3,(H,25,29)(H,26,31). The average molecular weight is 464 g/mol. The van der Waals surface area contributed by atoms with Crippen LogP contribution in [-0.4, -0.2) is 60.6 Å². The van der Waals surface area contributed by atoms with Gasteiger partial charge in [-0.1, -0.05) is 29.3 Å². The molecule has 0 saturated carbocycles. The predicted octanol–water partition coefficient (Wildman–Crippen LogP) is 2.79. The molecular weight excluding hydrogens is 426 g/mol. The summed E-state index contributed by atoms with van der Waals surface area (Å²) in [6, 6.07) is 3.75. The van der Waals surface area contributed by atoms with Gasteiger partial charge in [-0.25, -0.2) is 4.79 Å². The molecule has 9 nitrogen and oxygen atoms in total. The van der Waals surface area contributed by atoms with E-state index in [4.69, 9.17) is 9.47 Å². The van der Waals surface area contributed by atoms with Crippen molar-refractivity contribution in [3.05, 3.63) is 34.9 Å². The van der Waals surface area contributed by atoms with Gasteiger partial charge in [0.25, 0.3) is 0 Å². The summed E-state index contributed by atoms with van der Waals surface area (Å²) in [6.45, 7) is 12.6. The maximum absolute atomic E-state index is 13.1. The van der Waals surface area contributed by atoms with Gasteiger partial charge in [0.1, 0.15) is 17.7 Å². The summed E-state index contributed by atoms with van der Waals surface area (Å²) in [5, 5.41) is 5.22. The molecule has 0 fully saturated rings. The number of nitrogens with zero attached hydrogens (tertiary/aromatic N) is 1. The molecule has 0 saturated heterocycles. The number of carbonyl (C=O) groups is 4. The molecule has 1 aromatic carbocycles. The molecule has 2 unspecified atom stereocenters. The van der Waals surface area contributed by atoms with Gasteiger partial charge in [0.15, 0.2) is 0 Å². The minimum Gasteiger partial charge on any atom is -0.466 e. The molecule has 2 atom stereocenters. The van der Waals surface area contributed by atoms with E-state index < -0.39 is 41.6 Å². The molecule has 1 aromatic rings. The van der Waals surface area contributed by atoms with Crippen molar-refractivity contribution >= 4 is 23.9 Å². The summed E-state index contributed by atoms with van der Waals surface area (Å²) >= 11 is 0. The highest BCUT2D eigenvalue weighted by atomic mass is 16.6. The second kappa shape index (κ2) is 12.2. The van der Waals surface area contributed by atoms with Gasteiger partial charge in [0.05, 0.1) is 13.0 Å². The zero-order valence-corrected chi connectivity index (χ0v) is 20.9. The highest BCUT2D eigenvalue weighted by molar-refractivity contribution is 5.92. The average Bonchev–Trinajstić information content (AvgIpc) is 2.65. The summed E-state index contributed by atoms with van der Waals surface area (Å²) in [7, 11) is 1.50. The van der Waals surface area contributed by atoms with E-state index in [1.54, 1.807) is 27.7 Å². The lowest BCUT2D eigenvalue weighted by Gasteiger charge is -2.31. The Bertz CT molecular complexity index is 842. The molecule has 9 heteroatoms. The van der Waals surface area contributed by atoms with Crippen LogP contribution in [0.2, 0.25) is 0 Å². The number of hydrogen-bond acceptors (Lipinski definition) is 6. The fraction of sp³-hybridized carbons (Fsp3) is 0.583. The number of esters is 1. The van der Waals surface area contributed by atoms with Crippen LogP contribution >= 0.6 is 0 Å². The first kappa shape index (κ1) is 27.9. The third-order valence-corrected chi connectivity index (χ3v) is 4.58. The van der Waals surface area contributed by atoms with Gasteiger partial charge in [-0.05, 0) is 54.0 Å². The fourth-order valence-electron chi connectivity index (χ4n) is 3.31. The van der Waals surface area contributed by atoms with Gasteiger partial charge in [-0.15, -0.1) is 0 Å². The van der Waals surface area contributed by atoms with E-state index in [2.05, 4.69) is 10.6 Å². The number of ether oxygens (including phenoxy) is 2. The van der Waals surface area contributed by atoms with Gasteiger partial charge < -0.3 is 25.0 Å². The molecule has 3 amide bonds. The van der Waals surface area contributed by atoms with Crippen LogP contribution in [0.5, 0.6) is 0 Å². The molecule has 1 rings (SSSR count). The maximum Gasteiger partial charge on any atom is 0.408 e. The molecule has 0 spiro atoms. The van der Waals surface area contributed by atoms with Crippen molar-refractivity contribution < 1.29 is 28.7 Å². The van der Waals surface area contributed by atoms with E-state index in [-0.39, 0.29) is 19.6 Å². The molecule has 0 aliphatic carbocycles. The molecule has 0 aliphatic rings. The molecule has 184 valence electrons. The Hall–Kier alpha value is -3.10. The highest BCUT2D eigenvalue weighted by Crippen LogP contribution is 2.23. The topological polar surface area (TPSA) is 114 Å². The van der Waals surface area contributed by atoms with Crippen LogP contribution in [0.25, 0.3) is 0 Å². The smallest absolute Gasteiger partial charge is 0.408 e. The summed E-state index contributed by atoms with van der Waals surface area (Å²) in [6.07, 6.45) is -0.702. The quantitative estimate of drug-likeness (QED) is 0.545. The molecule has 2 N–H and O–H groups in total. The highest BCUT2D eigenvalue weighted by Gasteiger charge is 2.32. The number of nitrogens with one attached hydrogen (secondary N) is 2. The Morgan fingerprint density at radius 1 is 1.06 bits per heavy atom. The Labute approximate surface area is 196 Å². The van der Waals surface area contributed by atoms with Gasteiger partial charge in [0, 0.05) is 13.6 Å². The van der Waals surface area contributed by atoms with E-state index in [1.807, 2.05) is 32.0 Å². The van der Waals surface area contributed by atoms with Crippen LogP contribution in [0, 0.1) is 13.8 Å². The molecule has 0 aliphatic heterocycles. The lowest BCUT2D eigenvalue weighted by Crippen LogP contribution is -2.50. The number of hydrogen-bond donors (Lipinski definition) is 2. The number of rotatable bonds is 9. The first-order chi connectivity index (χ1) is 15.2. The second-order valence-corrected chi connectivity index (χ2v) is 8.99. The number of alkyl carbamates (subject to hydrolysis) is 1. The largest absolute Gasteiger partial charge is 0.466 e. The van der Waals surface area contributed by atoms with Crippen LogP contribution in [0.1, 0.15) is 63.8 Å². The molecule has 0 radical (unpaired) electrons. The van der Waals surface area contributed by atoms with Crippen molar-refractivity contribution in [3.63, 3.8) is 0 Å². The molecule has 33 heavy (non-hydrogen) atoms. The number of amides is 3. The molecule has 0 heterocycles. The van der Waals surface area contributed by atoms with E-state index in [1.165, 1.54) is 18.9 Å². The maximum atomic E-state index is 13.1. The lowest BCUT2D eigenvalue weighted by atomic mass is 9.99. The number of likely N-dealkylation sites (N-methyl/N-ethyl adjacent to an activating group) is 1. The predicted molar refractivity (Wildman–Crippen MR) is 125 cm³/mol. The Morgan fingerprint density at radius 3 is 2.15 bits per heavy atom. The van der Waals surface area contributed by atoms with Crippen molar-refractivity contribution in [2.45, 2.75) is 72.6 Å². The normalized spacial score (nSPS) is 12.8. The van der Waals surface area contributed by atoms with Gasteiger partial charge in [-0.3, -0.25) is 14.4 Å². The SMILES string of the molecule is CCOC(=O)CCNC(=O)C(c1cc(C)cc(C)c1)N(C)C(=O)C(C)NC(=O)OC(C)(C)C. The number of benzene rings is 1. The van der Waals surface area contributed by atoms with Crippen LogP contribution in [0.4, 0.5) is 4.79 Å². The Morgan fingerprint density at radius 2 is 1.64 bits per heavy atom. The van der Waals surface area contributed by atoms with Crippen molar-refractivity contribution in [2.75, 3.05) is 20.2 Å². The zero-order valence-electron chi connectivity index (χ0n) is 20.9. The minimum atomic E-state index is -0.957. The summed E-state index contributed by atoms with van der Waals surface area (Å²) in [5.74, 6) is -1.32. The first-order valence-electron chi connectivity index (χ1n) is 11.0. The molecular formula is C24H37N3O6. The molecule has 0 aromatic heterocycles. The third-order valence-electron chi connectivity index (χ3n) is 4.58. The van der Waals surface area contributed by atoms with E-state index >= 15 is 0 Å². The van der Waals surface area contributed by atoms with Gasteiger partial charge in [0.2, 0.25) is 11.8 Å². The van der Waals surface area contributed by atoms with Gasteiger partial charge >= 0.3 is 12.1 Å². The first-order valence-corrected chi connectivity index (χ1v) is 11.0. The van der Waals surface area contributed by atoms with E-state index in [0.29, 0.717) is 5.56 Å². The number of carbonyl (C=O) groups excluding carboxylic acids is 4. The summed E-state index contributed by atoms with van der Waals surface area (Å²) in [4.78, 5) is 51.2. The second-order valence-electron chi connectivity index (χ2n) is 8.99. The number of aryl methyl sites for hydroxylation is 2. The van der Waals surface area contributed by atoms with Crippen LogP contribution in [-0.2, 0) is 23.9 Å². The van der Waals surface area contributed by atoms with Crippen molar-refractivity contribution in [3.8, 4) is 0 Å². The van der Waals surface area contributed by atoms with Crippen molar-refractivity contribution in [1.29, 1.82) is 0 Å². The van der Waals surface area contributed by atoms with E-state index in [9.17, 15) is 19.2 Å². The van der Waals surface area contributed by atoms with E-state index in [0.717, 1.165) is 11.1 Å². The summed E-state index contributed by atoms with van der Waals surface area (Å²) < 4.78 is 10.1. The van der Waals surface area contributed by atoms with Gasteiger partial charge in [-0.2, -0.15) is 0 Å². The Balaban J connectivity index is 3.06. The Kier molecular flexibility index (Phi) is 10.3. The monoisotopic (exact) mass is 463 g/mol. The van der Waals surface area contributed by atoms with Crippen LogP contribution in [0.15, 0.2) is 18.2 Å².